The minimum absolute atomic E-state index is 0.170. The Morgan fingerprint density at radius 2 is 1.81 bits per heavy atom. The average Bonchev–Trinajstić information content (AvgIpc) is 2.15. The van der Waals surface area contributed by atoms with Crippen molar-refractivity contribution in [3.8, 4) is 0 Å². The molecule has 16 heavy (non-hydrogen) atoms. The van der Waals surface area contributed by atoms with E-state index in [1.807, 2.05) is 0 Å². The van der Waals surface area contributed by atoms with Gasteiger partial charge in [0.15, 0.2) is 0 Å². The first-order valence-corrected chi connectivity index (χ1v) is 5.92. The van der Waals surface area contributed by atoms with Gasteiger partial charge in [-0.3, -0.25) is 9.59 Å². The number of hydrogen-bond donors (Lipinski definition) is 0. The van der Waals surface area contributed by atoms with Gasteiger partial charge in [0.25, 0.3) is 5.91 Å². The zero-order valence-electron chi connectivity index (χ0n) is 7.87. The minimum Gasteiger partial charge on any atom is -0.286 e. The Labute approximate surface area is 106 Å². The Balaban J connectivity index is 2.52. The fourth-order valence-corrected chi connectivity index (χ4v) is 2.82. The van der Waals surface area contributed by atoms with Crippen LogP contribution in [0.4, 0.5) is 0 Å². The third kappa shape index (κ3) is 2.29. The Hall–Kier alpha value is -0.840. The lowest BCUT2D eigenvalue weighted by molar-refractivity contribution is -0.122. The van der Waals surface area contributed by atoms with Gasteiger partial charge in [-0.2, -0.15) is 0 Å². The van der Waals surface area contributed by atoms with Gasteiger partial charge in [0, 0.05) is 5.56 Å². The minimum atomic E-state index is -0.463. The van der Waals surface area contributed by atoms with Crippen LogP contribution in [0.5, 0.6) is 0 Å². The molecule has 0 aliphatic carbocycles. The average molecular weight is 274 g/mol. The topological polar surface area (TPSA) is 46.5 Å². The third-order valence-electron chi connectivity index (χ3n) is 1.91. The van der Waals surface area contributed by atoms with E-state index in [4.69, 9.17) is 23.2 Å². The predicted molar refractivity (Wildman–Crippen MR) is 65.2 cm³/mol. The maximum atomic E-state index is 11.3. The van der Waals surface area contributed by atoms with E-state index in [9.17, 15) is 9.59 Å². The fraction of sp³-hybridized carbons (Fsp3) is 0.100. The number of carbonyl (C=O) groups excluding carboxylic acids is 2. The lowest BCUT2D eigenvalue weighted by atomic mass is 10.2. The standard InChI is InChI=1S/C10H5Cl2NO2S/c11-5-2-1-3-6(12)9(5)10-13-7(14)4-8(15)16-10/h1-3H,4H2. The highest BCUT2D eigenvalue weighted by Crippen LogP contribution is 2.31. The largest absolute Gasteiger partial charge is 0.286 e. The van der Waals surface area contributed by atoms with Gasteiger partial charge in [0.2, 0.25) is 5.12 Å². The van der Waals surface area contributed by atoms with E-state index in [2.05, 4.69) is 4.99 Å². The van der Waals surface area contributed by atoms with E-state index in [1.54, 1.807) is 18.2 Å². The molecule has 2 rings (SSSR count). The molecule has 0 aromatic heterocycles. The molecular formula is C10H5Cl2NO2S. The maximum absolute atomic E-state index is 11.3. The first-order chi connectivity index (χ1) is 7.58. The molecule has 0 fully saturated rings. The van der Waals surface area contributed by atoms with Crippen LogP contribution in [0.15, 0.2) is 23.2 Å². The molecule has 0 spiro atoms. The molecule has 1 aromatic carbocycles. The van der Waals surface area contributed by atoms with Crippen molar-refractivity contribution < 1.29 is 9.59 Å². The van der Waals surface area contributed by atoms with Gasteiger partial charge in [-0.15, -0.1) is 0 Å². The maximum Gasteiger partial charge on any atom is 0.255 e. The molecule has 0 radical (unpaired) electrons. The van der Waals surface area contributed by atoms with Crippen molar-refractivity contribution in [2.45, 2.75) is 6.42 Å². The van der Waals surface area contributed by atoms with E-state index < -0.39 is 5.91 Å². The Kier molecular flexibility index (Phi) is 3.33. The highest BCUT2D eigenvalue weighted by molar-refractivity contribution is 8.27. The summed E-state index contributed by atoms with van der Waals surface area (Å²) >= 11 is 12.8. The molecule has 0 unspecified atom stereocenters. The summed E-state index contributed by atoms with van der Waals surface area (Å²) < 4.78 is 0. The quantitative estimate of drug-likeness (QED) is 0.740. The number of halogens is 2. The van der Waals surface area contributed by atoms with Crippen LogP contribution in [-0.4, -0.2) is 16.1 Å². The van der Waals surface area contributed by atoms with Gasteiger partial charge >= 0.3 is 0 Å². The van der Waals surface area contributed by atoms with Crippen molar-refractivity contribution in [3.05, 3.63) is 33.8 Å². The normalized spacial score (nSPS) is 16.2. The van der Waals surface area contributed by atoms with E-state index in [-0.39, 0.29) is 16.6 Å². The first kappa shape index (κ1) is 11.6. The monoisotopic (exact) mass is 273 g/mol. The SMILES string of the molecule is O=C1CC(=O)SC(c2c(Cl)cccc2Cl)=N1. The lowest BCUT2D eigenvalue weighted by Crippen LogP contribution is -2.15. The summed E-state index contributed by atoms with van der Waals surface area (Å²) in [4.78, 5) is 26.2. The molecule has 0 saturated heterocycles. The highest BCUT2D eigenvalue weighted by atomic mass is 35.5. The predicted octanol–water partition coefficient (Wildman–Crippen LogP) is 2.93. The van der Waals surface area contributed by atoms with Crippen molar-refractivity contribution >= 4 is 51.0 Å². The van der Waals surface area contributed by atoms with Crippen LogP contribution in [0.1, 0.15) is 12.0 Å². The number of benzene rings is 1. The van der Waals surface area contributed by atoms with E-state index in [0.29, 0.717) is 15.6 Å². The van der Waals surface area contributed by atoms with Crippen molar-refractivity contribution in [3.63, 3.8) is 0 Å². The fourth-order valence-electron chi connectivity index (χ4n) is 1.25. The second kappa shape index (κ2) is 4.57. The van der Waals surface area contributed by atoms with Gasteiger partial charge in [-0.25, -0.2) is 4.99 Å². The summed E-state index contributed by atoms with van der Waals surface area (Å²) in [6.45, 7) is 0. The molecule has 1 heterocycles. The Morgan fingerprint density at radius 1 is 1.19 bits per heavy atom. The van der Waals surface area contributed by atoms with Crippen LogP contribution in [0, 0.1) is 0 Å². The number of aliphatic imine (C=N–C) groups is 1. The molecule has 1 amide bonds. The molecule has 82 valence electrons. The molecule has 1 aliphatic heterocycles. The first-order valence-electron chi connectivity index (χ1n) is 4.34. The van der Waals surface area contributed by atoms with Crippen LogP contribution in [0.2, 0.25) is 10.0 Å². The summed E-state index contributed by atoms with van der Waals surface area (Å²) in [6.07, 6.45) is -0.170. The molecular weight excluding hydrogens is 269 g/mol. The highest BCUT2D eigenvalue weighted by Gasteiger charge is 2.24. The molecule has 6 heteroatoms. The number of hydrogen-bond acceptors (Lipinski definition) is 3. The van der Waals surface area contributed by atoms with Gasteiger partial charge in [0.1, 0.15) is 5.04 Å². The smallest absolute Gasteiger partial charge is 0.255 e. The van der Waals surface area contributed by atoms with Crippen LogP contribution < -0.4 is 0 Å². The number of thioether (sulfide) groups is 1. The van der Waals surface area contributed by atoms with Crippen LogP contribution >= 0.6 is 35.0 Å². The Morgan fingerprint density at radius 3 is 2.38 bits per heavy atom. The lowest BCUT2D eigenvalue weighted by Gasteiger charge is -2.11. The summed E-state index contributed by atoms with van der Waals surface area (Å²) in [6, 6.07) is 4.96. The van der Waals surface area contributed by atoms with Gasteiger partial charge in [-0.1, -0.05) is 29.3 Å². The third-order valence-corrected chi connectivity index (χ3v) is 3.40. The van der Waals surface area contributed by atoms with Crippen molar-refractivity contribution in [1.29, 1.82) is 0 Å². The number of rotatable bonds is 1. The van der Waals surface area contributed by atoms with Crippen LogP contribution in [0.25, 0.3) is 0 Å². The zero-order valence-corrected chi connectivity index (χ0v) is 10.2. The molecule has 1 aliphatic rings. The van der Waals surface area contributed by atoms with Crippen molar-refractivity contribution in [1.82, 2.24) is 0 Å². The van der Waals surface area contributed by atoms with Gasteiger partial charge < -0.3 is 0 Å². The molecule has 0 bridgehead atoms. The van der Waals surface area contributed by atoms with Crippen molar-refractivity contribution in [2.24, 2.45) is 4.99 Å². The number of nitrogens with zero attached hydrogens (tertiary/aromatic N) is 1. The molecule has 3 nitrogen and oxygen atoms in total. The summed E-state index contributed by atoms with van der Waals surface area (Å²) in [7, 11) is 0. The van der Waals surface area contributed by atoms with Gasteiger partial charge in [0.05, 0.1) is 16.5 Å². The molecule has 1 aromatic rings. The Bertz CT molecular complexity index is 493. The second-order valence-electron chi connectivity index (χ2n) is 3.06. The summed E-state index contributed by atoms with van der Waals surface area (Å²) in [5.74, 6) is -0.463. The second-order valence-corrected chi connectivity index (χ2v) is 4.92. The van der Waals surface area contributed by atoms with E-state index in [1.165, 1.54) is 0 Å². The van der Waals surface area contributed by atoms with Gasteiger partial charge in [-0.05, 0) is 23.9 Å². The van der Waals surface area contributed by atoms with Crippen LogP contribution in [-0.2, 0) is 9.59 Å². The molecule has 0 atom stereocenters. The zero-order chi connectivity index (χ0) is 11.7. The van der Waals surface area contributed by atoms with Crippen molar-refractivity contribution in [2.75, 3.05) is 0 Å². The number of amides is 1. The summed E-state index contributed by atoms with van der Waals surface area (Å²) in [5.41, 5.74) is 0.442. The summed E-state index contributed by atoms with van der Waals surface area (Å²) in [5, 5.41) is 0.783. The van der Waals surface area contributed by atoms with E-state index >= 15 is 0 Å². The number of carbonyl (C=O) groups is 2. The molecule has 0 N–H and O–H groups in total. The van der Waals surface area contributed by atoms with E-state index in [0.717, 1.165) is 11.8 Å². The molecule has 0 saturated carbocycles. The van der Waals surface area contributed by atoms with Crippen LogP contribution in [0.3, 0.4) is 0 Å².